The minimum Gasteiger partial charge on any atom is -0.317 e. The van der Waals surface area contributed by atoms with Crippen LogP contribution in [0.2, 0.25) is 0 Å². The predicted octanol–water partition coefficient (Wildman–Crippen LogP) is 2.34. The van der Waals surface area contributed by atoms with E-state index >= 15 is 0 Å². The smallest absolute Gasteiger partial charge is 0.00143 e. The molecule has 0 aromatic heterocycles. The summed E-state index contributed by atoms with van der Waals surface area (Å²) in [5.41, 5.74) is 1.61. The molecular weight excluding hydrogens is 134 g/mol. The lowest BCUT2D eigenvalue weighted by Crippen LogP contribution is -2.13. The molecule has 1 N–H and O–H groups in total. The van der Waals surface area contributed by atoms with E-state index in [1.165, 1.54) is 19.3 Å². The highest BCUT2D eigenvalue weighted by Gasteiger charge is 2.22. The number of rotatable bonds is 5. The van der Waals surface area contributed by atoms with Gasteiger partial charge in [0.25, 0.3) is 0 Å². The highest BCUT2D eigenvalue weighted by atomic mass is 14.8. The summed E-state index contributed by atoms with van der Waals surface area (Å²) in [7, 11) is 0. The fourth-order valence-electron chi connectivity index (χ4n) is 1.28. The van der Waals surface area contributed by atoms with Gasteiger partial charge in [-0.25, -0.2) is 0 Å². The molecule has 1 rings (SSSR count). The molecule has 0 radical (unpaired) electrons. The van der Waals surface area contributed by atoms with Gasteiger partial charge in [0.1, 0.15) is 0 Å². The first-order valence-electron chi connectivity index (χ1n) is 4.72. The number of allylic oxidation sites excluding steroid dienone is 1. The molecule has 0 amide bonds. The first-order valence-corrected chi connectivity index (χ1v) is 4.72. The normalized spacial score (nSPS) is 18.9. The molecule has 0 bridgehead atoms. The van der Waals surface area contributed by atoms with Crippen LogP contribution in [0.15, 0.2) is 11.6 Å². The standard InChI is InChI=1S/C10H19N/c1-3-11-8-4-5-9(2)10-6-7-10/h5,10-11H,3-4,6-8H2,1-2H3. The summed E-state index contributed by atoms with van der Waals surface area (Å²) in [5.74, 6) is 0.955. The Balaban J connectivity index is 2.02. The van der Waals surface area contributed by atoms with Crippen LogP contribution in [0, 0.1) is 5.92 Å². The topological polar surface area (TPSA) is 12.0 Å². The zero-order chi connectivity index (χ0) is 8.10. The van der Waals surface area contributed by atoms with Crippen LogP contribution >= 0.6 is 0 Å². The third-order valence-electron chi connectivity index (χ3n) is 2.26. The second-order valence-corrected chi connectivity index (χ2v) is 3.36. The van der Waals surface area contributed by atoms with Crippen LogP contribution in [-0.2, 0) is 0 Å². The number of nitrogens with one attached hydrogen (secondary N) is 1. The molecule has 0 spiro atoms. The van der Waals surface area contributed by atoms with E-state index in [1.807, 2.05) is 0 Å². The second-order valence-electron chi connectivity index (χ2n) is 3.36. The largest absolute Gasteiger partial charge is 0.317 e. The highest BCUT2D eigenvalue weighted by molar-refractivity contribution is 5.09. The minimum atomic E-state index is 0.955. The van der Waals surface area contributed by atoms with Crippen molar-refractivity contribution in [2.75, 3.05) is 13.1 Å². The molecule has 1 nitrogen and oxygen atoms in total. The summed E-state index contributed by atoms with van der Waals surface area (Å²) in [5, 5.41) is 3.32. The van der Waals surface area contributed by atoms with Gasteiger partial charge >= 0.3 is 0 Å². The van der Waals surface area contributed by atoms with Crippen LogP contribution in [0.3, 0.4) is 0 Å². The average molecular weight is 153 g/mol. The number of hydrogen-bond donors (Lipinski definition) is 1. The maximum absolute atomic E-state index is 3.32. The molecular formula is C10H19N. The van der Waals surface area contributed by atoms with E-state index in [2.05, 4.69) is 25.2 Å². The van der Waals surface area contributed by atoms with Crippen molar-refractivity contribution in [1.82, 2.24) is 5.32 Å². The quantitative estimate of drug-likeness (QED) is 0.472. The molecule has 0 aromatic carbocycles. The summed E-state index contributed by atoms with van der Waals surface area (Å²) in [6.07, 6.45) is 6.46. The maximum Gasteiger partial charge on any atom is -0.00143 e. The molecule has 1 aliphatic rings. The molecule has 64 valence electrons. The van der Waals surface area contributed by atoms with Gasteiger partial charge in [-0.05, 0) is 45.2 Å². The van der Waals surface area contributed by atoms with Gasteiger partial charge < -0.3 is 5.32 Å². The molecule has 11 heavy (non-hydrogen) atoms. The fourth-order valence-corrected chi connectivity index (χ4v) is 1.28. The van der Waals surface area contributed by atoms with Crippen LogP contribution in [0.1, 0.15) is 33.1 Å². The van der Waals surface area contributed by atoms with Gasteiger partial charge in [0.15, 0.2) is 0 Å². The third kappa shape index (κ3) is 3.57. The Morgan fingerprint density at radius 2 is 2.27 bits per heavy atom. The van der Waals surface area contributed by atoms with Crippen molar-refractivity contribution in [2.24, 2.45) is 5.92 Å². The summed E-state index contributed by atoms with van der Waals surface area (Å²) >= 11 is 0. The molecule has 0 unspecified atom stereocenters. The van der Waals surface area contributed by atoms with E-state index in [9.17, 15) is 0 Å². The minimum absolute atomic E-state index is 0.955. The van der Waals surface area contributed by atoms with Gasteiger partial charge in [-0.3, -0.25) is 0 Å². The van der Waals surface area contributed by atoms with Crippen LogP contribution in [0.5, 0.6) is 0 Å². The number of hydrogen-bond acceptors (Lipinski definition) is 1. The Morgan fingerprint density at radius 3 is 2.82 bits per heavy atom. The van der Waals surface area contributed by atoms with Gasteiger partial charge in [0, 0.05) is 0 Å². The van der Waals surface area contributed by atoms with Crippen LogP contribution in [-0.4, -0.2) is 13.1 Å². The maximum atomic E-state index is 3.32. The SMILES string of the molecule is CCNCCC=C(C)C1CC1. The molecule has 0 saturated heterocycles. The van der Waals surface area contributed by atoms with Crippen molar-refractivity contribution in [2.45, 2.75) is 33.1 Å². The molecule has 1 fully saturated rings. The summed E-state index contributed by atoms with van der Waals surface area (Å²) in [6, 6.07) is 0. The van der Waals surface area contributed by atoms with Crippen LogP contribution in [0.4, 0.5) is 0 Å². The summed E-state index contributed by atoms with van der Waals surface area (Å²) in [4.78, 5) is 0. The first kappa shape index (κ1) is 8.79. The van der Waals surface area contributed by atoms with E-state index < -0.39 is 0 Å². The average Bonchev–Trinajstić information content (AvgIpc) is 2.79. The Kier molecular flexibility index (Phi) is 3.64. The second kappa shape index (κ2) is 4.55. The molecule has 0 aromatic rings. The highest BCUT2D eigenvalue weighted by Crippen LogP contribution is 2.35. The van der Waals surface area contributed by atoms with Crippen molar-refractivity contribution >= 4 is 0 Å². The van der Waals surface area contributed by atoms with Gasteiger partial charge in [-0.15, -0.1) is 0 Å². The van der Waals surface area contributed by atoms with E-state index in [4.69, 9.17) is 0 Å². The molecule has 1 aliphatic carbocycles. The zero-order valence-electron chi connectivity index (χ0n) is 7.69. The van der Waals surface area contributed by atoms with Gasteiger partial charge in [-0.1, -0.05) is 18.6 Å². The van der Waals surface area contributed by atoms with E-state index in [1.54, 1.807) is 5.57 Å². The molecule has 0 heterocycles. The Morgan fingerprint density at radius 1 is 1.55 bits per heavy atom. The lowest BCUT2D eigenvalue weighted by atomic mass is 10.1. The van der Waals surface area contributed by atoms with Crippen molar-refractivity contribution in [3.63, 3.8) is 0 Å². The summed E-state index contributed by atoms with van der Waals surface area (Å²) < 4.78 is 0. The third-order valence-corrected chi connectivity index (χ3v) is 2.26. The lowest BCUT2D eigenvalue weighted by molar-refractivity contribution is 0.722. The molecule has 0 atom stereocenters. The van der Waals surface area contributed by atoms with Gasteiger partial charge in [-0.2, -0.15) is 0 Å². The Labute approximate surface area is 69.9 Å². The first-order chi connectivity index (χ1) is 5.34. The van der Waals surface area contributed by atoms with Crippen LogP contribution in [0.25, 0.3) is 0 Å². The summed E-state index contributed by atoms with van der Waals surface area (Å²) in [6.45, 7) is 6.65. The molecule has 1 saturated carbocycles. The zero-order valence-corrected chi connectivity index (χ0v) is 7.69. The lowest BCUT2D eigenvalue weighted by Gasteiger charge is -1.98. The van der Waals surface area contributed by atoms with E-state index in [-0.39, 0.29) is 0 Å². The monoisotopic (exact) mass is 153 g/mol. The fraction of sp³-hybridized carbons (Fsp3) is 0.800. The van der Waals surface area contributed by atoms with Crippen molar-refractivity contribution in [3.05, 3.63) is 11.6 Å². The van der Waals surface area contributed by atoms with Crippen molar-refractivity contribution in [1.29, 1.82) is 0 Å². The van der Waals surface area contributed by atoms with E-state index in [0.29, 0.717) is 0 Å². The van der Waals surface area contributed by atoms with E-state index in [0.717, 1.165) is 19.0 Å². The van der Waals surface area contributed by atoms with Crippen molar-refractivity contribution in [3.8, 4) is 0 Å². The Bertz CT molecular complexity index is 134. The molecule has 1 heteroatoms. The van der Waals surface area contributed by atoms with Gasteiger partial charge in [0.05, 0.1) is 0 Å². The van der Waals surface area contributed by atoms with Crippen molar-refractivity contribution < 1.29 is 0 Å². The van der Waals surface area contributed by atoms with Crippen LogP contribution < -0.4 is 5.32 Å². The predicted molar refractivity (Wildman–Crippen MR) is 49.6 cm³/mol. The molecule has 0 aliphatic heterocycles. The Hall–Kier alpha value is -0.300. The van der Waals surface area contributed by atoms with Gasteiger partial charge in [0.2, 0.25) is 0 Å².